The molecular formula is C20H26N2O. The van der Waals surface area contributed by atoms with E-state index >= 15 is 0 Å². The van der Waals surface area contributed by atoms with Gasteiger partial charge in [-0.05, 0) is 43.4 Å². The lowest BCUT2D eigenvalue weighted by Crippen LogP contribution is -2.15. The van der Waals surface area contributed by atoms with E-state index in [1.807, 2.05) is 25.1 Å². The lowest BCUT2D eigenvalue weighted by atomic mass is 9.89. The maximum atomic E-state index is 5.33. The molecule has 3 rings (SSSR count). The van der Waals surface area contributed by atoms with Crippen LogP contribution >= 0.6 is 0 Å². The van der Waals surface area contributed by atoms with Gasteiger partial charge < -0.3 is 9.30 Å². The molecule has 2 aromatic rings. The molecular weight excluding hydrogens is 284 g/mol. The third kappa shape index (κ3) is 3.66. The molecule has 1 saturated carbocycles. The van der Waals surface area contributed by atoms with Crippen molar-refractivity contribution in [1.29, 1.82) is 0 Å². The minimum atomic E-state index is 0.772. The van der Waals surface area contributed by atoms with Crippen LogP contribution in [0.4, 0.5) is 0 Å². The van der Waals surface area contributed by atoms with E-state index in [0.29, 0.717) is 0 Å². The predicted molar refractivity (Wildman–Crippen MR) is 95.5 cm³/mol. The Labute approximate surface area is 139 Å². The van der Waals surface area contributed by atoms with Gasteiger partial charge in [0.25, 0.3) is 0 Å². The van der Waals surface area contributed by atoms with Gasteiger partial charge in [0.2, 0.25) is 0 Å². The summed E-state index contributed by atoms with van der Waals surface area (Å²) in [5.41, 5.74) is 3.11. The number of rotatable bonds is 5. The molecule has 0 spiro atoms. The van der Waals surface area contributed by atoms with Crippen molar-refractivity contribution < 1.29 is 4.74 Å². The highest BCUT2D eigenvalue weighted by Gasteiger charge is 2.17. The quantitative estimate of drug-likeness (QED) is 0.761. The second-order valence-electron chi connectivity index (χ2n) is 6.62. The Balaban J connectivity index is 1.89. The molecule has 0 bridgehead atoms. The van der Waals surface area contributed by atoms with Crippen LogP contribution in [-0.4, -0.2) is 16.7 Å². The molecule has 1 aromatic heterocycles. The minimum absolute atomic E-state index is 0.772. The van der Waals surface area contributed by atoms with Crippen molar-refractivity contribution in [3.8, 4) is 17.0 Å². The summed E-state index contributed by atoms with van der Waals surface area (Å²) in [4.78, 5) is 4.83. The van der Waals surface area contributed by atoms with Gasteiger partial charge in [0.15, 0.2) is 0 Å². The van der Waals surface area contributed by atoms with Gasteiger partial charge in [-0.2, -0.15) is 0 Å². The van der Waals surface area contributed by atoms with Crippen LogP contribution in [0.15, 0.2) is 37.0 Å². The highest BCUT2D eigenvalue weighted by atomic mass is 16.5. The second-order valence-corrected chi connectivity index (χ2v) is 6.62. The van der Waals surface area contributed by atoms with Crippen molar-refractivity contribution in [3.63, 3.8) is 0 Å². The fourth-order valence-corrected chi connectivity index (χ4v) is 3.47. The van der Waals surface area contributed by atoms with E-state index in [1.165, 1.54) is 32.1 Å². The van der Waals surface area contributed by atoms with E-state index in [4.69, 9.17) is 9.72 Å². The van der Waals surface area contributed by atoms with Gasteiger partial charge in [0.05, 0.1) is 12.8 Å². The van der Waals surface area contributed by atoms with Gasteiger partial charge in [-0.25, -0.2) is 4.98 Å². The van der Waals surface area contributed by atoms with Crippen LogP contribution in [-0.2, 0) is 6.54 Å². The molecule has 0 radical (unpaired) electrons. The largest absolute Gasteiger partial charge is 0.497 e. The zero-order valence-corrected chi connectivity index (χ0v) is 14.2. The van der Waals surface area contributed by atoms with E-state index in [0.717, 1.165) is 40.9 Å². The third-order valence-electron chi connectivity index (χ3n) is 4.70. The average molecular weight is 310 g/mol. The van der Waals surface area contributed by atoms with Crippen molar-refractivity contribution in [2.45, 2.75) is 45.6 Å². The van der Waals surface area contributed by atoms with Crippen molar-refractivity contribution >= 4 is 5.57 Å². The van der Waals surface area contributed by atoms with Crippen LogP contribution in [0, 0.1) is 5.92 Å². The second kappa shape index (κ2) is 7.03. The number of aromatic nitrogens is 2. The highest BCUT2D eigenvalue weighted by Crippen LogP contribution is 2.29. The molecule has 122 valence electrons. The fraction of sp³-hybridized carbons (Fsp3) is 0.450. The number of ether oxygens (including phenoxy) is 1. The molecule has 3 heteroatoms. The van der Waals surface area contributed by atoms with Crippen LogP contribution in [0.3, 0.4) is 0 Å². The van der Waals surface area contributed by atoms with Crippen LogP contribution in [0.1, 0.15) is 44.9 Å². The van der Waals surface area contributed by atoms with E-state index in [-0.39, 0.29) is 0 Å². The van der Waals surface area contributed by atoms with Gasteiger partial charge in [0, 0.05) is 18.3 Å². The monoisotopic (exact) mass is 310 g/mol. The van der Waals surface area contributed by atoms with Crippen molar-refractivity contribution in [1.82, 2.24) is 9.55 Å². The molecule has 1 aliphatic rings. The van der Waals surface area contributed by atoms with Crippen LogP contribution in [0.25, 0.3) is 16.8 Å². The molecule has 1 aliphatic carbocycles. The van der Waals surface area contributed by atoms with Gasteiger partial charge in [-0.1, -0.05) is 38.0 Å². The first-order valence-corrected chi connectivity index (χ1v) is 8.55. The Hall–Kier alpha value is -2.03. The highest BCUT2D eigenvalue weighted by molar-refractivity contribution is 5.65. The summed E-state index contributed by atoms with van der Waals surface area (Å²) in [6.07, 6.45) is 8.97. The van der Waals surface area contributed by atoms with Gasteiger partial charge in [-0.3, -0.25) is 0 Å². The van der Waals surface area contributed by atoms with Gasteiger partial charge in [-0.15, -0.1) is 0 Å². The summed E-state index contributed by atoms with van der Waals surface area (Å²) in [6, 6.07) is 8.09. The minimum Gasteiger partial charge on any atom is -0.497 e. The van der Waals surface area contributed by atoms with Crippen LogP contribution < -0.4 is 4.74 Å². The van der Waals surface area contributed by atoms with Crippen molar-refractivity contribution in [2.24, 2.45) is 5.92 Å². The van der Waals surface area contributed by atoms with E-state index in [2.05, 4.69) is 23.4 Å². The Morgan fingerprint density at radius 2 is 2.09 bits per heavy atom. The lowest BCUT2D eigenvalue weighted by molar-refractivity contribution is 0.318. The predicted octanol–water partition coefficient (Wildman–Crippen LogP) is 5.17. The number of hydrogen-bond acceptors (Lipinski definition) is 2. The molecule has 0 atom stereocenters. The topological polar surface area (TPSA) is 27.1 Å². The summed E-state index contributed by atoms with van der Waals surface area (Å²) in [6.45, 7) is 7.20. The standard InChI is InChI=1S/C20H26N2O/c1-15(2)20-21-19(17-10-7-11-18(12-17)23-3)14-22(20)13-16-8-5-4-6-9-16/h7,10-12,14,16H,1,4-6,8-9,13H2,2-3H3. The zero-order chi connectivity index (χ0) is 16.2. The van der Waals surface area contributed by atoms with Crippen molar-refractivity contribution in [3.05, 3.63) is 42.9 Å². The number of imidazole rings is 1. The van der Waals surface area contributed by atoms with Crippen molar-refractivity contribution in [2.75, 3.05) is 7.11 Å². The first-order valence-electron chi connectivity index (χ1n) is 8.55. The van der Waals surface area contributed by atoms with E-state index in [9.17, 15) is 0 Å². The summed E-state index contributed by atoms with van der Waals surface area (Å²) in [5, 5.41) is 0. The first-order chi connectivity index (χ1) is 11.2. The van der Waals surface area contributed by atoms with E-state index < -0.39 is 0 Å². The molecule has 0 unspecified atom stereocenters. The molecule has 0 saturated heterocycles. The SMILES string of the molecule is C=C(C)c1nc(-c2cccc(OC)c2)cn1CC1CCCCC1. The number of hydrogen-bond donors (Lipinski definition) is 0. The lowest BCUT2D eigenvalue weighted by Gasteiger charge is -2.22. The number of allylic oxidation sites excluding steroid dienone is 1. The smallest absolute Gasteiger partial charge is 0.135 e. The number of benzene rings is 1. The Morgan fingerprint density at radius 3 is 2.78 bits per heavy atom. The van der Waals surface area contributed by atoms with E-state index in [1.54, 1.807) is 7.11 Å². The molecule has 23 heavy (non-hydrogen) atoms. The maximum absolute atomic E-state index is 5.33. The molecule has 1 aromatic carbocycles. The Bertz CT molecular complexity index is 681. The number of nitrogens with zero attached hydrogens (tertiary/aromatic N) is 2. The fourth-order valence-electron chi connectivity index (χ4n) is 3.47. The Kier molecular flexibility index (Phi) is 4.85. The summed E-state index contributed by atoms with van der Waals surface area (Å²) < 4.78 is 7.63. The third-order valence-corrected chi connectivity index (χ3v) is 4.70. The molecule has 0 N–H and O–H groups in total. The summed E-state index contributed by atoms with van der Waals surface area (Å²) in [7, 11) is 1.69. The number of methoxy groups -OCH3 is 1. The molecule has 1 heterocycles. The van der Waals surface area contributed by atoms with Gasteiger partial charge in [0.1, 0.15) is 11.6 Å². The summed E-state index contributed by atoms with van der Waals surface area (Å²) in [5.74, 6) is 2.64. The molecule has 3 nitrogen and oxygen atoms in total. The zero-order valence-electron chi connectivity index (χ0n) is 14.2. The van der Waals surface area contributed by atoms with Crippen LogP contribution in [0.5, 0.6) is 5.75 Å². The molecule has 0 amide bonds. The normalized spacial score (nSPS) is 15.6. The van der Waals surface area contributed by atoms with Crippen LogP contribution in [0.2, 0.25) is 0 Å². The maximum Gasteiger partial charge on any atom is 0.135 e. The Morgan fingerprint density at radius 1 is 1.30 bits per heavy atom. The van der Waals surface area contributed by atoms with Gasteiger partial charge >= 0.3 is 0 Å². The first kappa shape index (κ1) is 15.9. The molecule has 0 aliphatic heterocycles. The summed E-state index contributed by atoms with van der Waals surface area (Å²) >= 11 is 0. The molecule has 1 fully saturated rings. The average Bonchev–Trinajstić information content (AvgIpc) is 3.00.